The van der Waals surface area contributed by atoms with Crippen LogP contribution in [0.15, 0.2) is 18.2 Å². The van der Waals surface area contributed by atoms with Gasteiger partial charge in [-0.15, -0.1) is 0 Å². The van der Waals surface area contributed by atoms with Crippen LogP contribution >= 0.6 is 0 Å². The maximum atomic E-state index is 8.78. The lowest BCUT2D eigenvalue weighted by atomic mass is 10.1. The molecule has 0 radical (unpaired) electrons. The lowest BCUT2D eigenvalue weighted by molar-refractivity contribution is 0.306. The molecule has 1 N–H and O–H groups in total. The van der Waals surface area contributed by atoms with Crippen LogP contribution in [-0.4, -0.2) is 19.7 Å². The van der Waals surface area contributed by atoms with Gasteiger partial charge in [0.25, 0.3) is 0 Å². The number of aryl methyl sites for hydroxylation is 1. The van der Waals surface area contributed by atoms with Gasteiger partial charge in [0, 0.05) is 0 Å². The Morgan fingerprint density at radius 3 is 2.94 bits per heavy atom. The van der Waals surface area contributed by atoms with Gasteiger partial charge in [-0.2, -0.15) is 5.26 Å². The van der Waals surface area contributed by atoms with Crippen LogP contribution in [0.1, 0.15) is 24.5 Å². The maximum absolute atomic E-state index is 8.78. The molecule has 0 fully saturated rings. The first-order valence-corrected chi connectivity index (χ1v) is 5.62. The van der Waals surface area contributed by atoms with Crippen LogP contribution in [0.3, 0.4) is 0 Å². The summed E-state index contributed by atoms with van der Waals surface area (Å²) < 4.78 is 5.63. The smallest absolute Gasteiger partial charge is 0.123 e. The van der Waals surface area contributed by atoms with Gasteiger partial charge < -0.3 is 10.1 Å². The fraction of sp³-hybridized carbons (Fsp3) is 0.462. The Balaban J connectivity index is 2.44. The standard InChI is InChI=1S/C13H18N2O/c1-3-15-7-4-8-16-13-9-12(10-14)6-5-11(13)2/h5-6,9,15H,3-4,7-8H2,1-2H3. The van der Waals surface area contributed by atoms with E-state index in [1.165, 1.54) is 0 Å². The van der Waals surface area contributed by atoms with Crippen LogP contribution in [0.25, 0.3) is 0 Å². The molecule has 0 spiro atoms. The summed E-state index contributed by atoms with van der Waals surface area (Å²) in [6.45, 7) is 6.71. The Bertz CT molecular complexity index is 369. The van der Waals surface area contributed by atoms with Crippen LogP contribution in [0.2, 0.25) is 0 Å². The highest BCUT2D eigenvalue weighted by Crippen LogP contribution is 2.19. The molecule has 0 heterocycles. The number of rotatable bonds is 6. The number of hydrogen-bond acceptors (Lipinski definition) is 3. The highest BCUT2D eigenvalue weighted by Gasteiger charge is 2.00. The molecule has 0 atom stereocenters. The molecule has 1 aromatic rings. The van der Waals surface area contributed by atoms with Crippen LogP contribution in [0.5, 0.6) is 5.75 Å². The van der Waals surface area contributed by atoms with Crippen LogP contribution in [0.4, 0.5) is 0 Å². The van der Waals surface area contributed by atoms with E-state index in [2.05, 4.69) is 18.3 Å². The van der Waals surface area contributed by atoms with Gasteiger partial charge in [-0.05, 0) is 44.1 Å². The predicted octanol–water partition coefficient (Wildman–Crippen LogP) is 2.25. The summed E-state index contributed by atoms with van der Waals surface area (Å²) in [5.41, 5.74) is 1.72. The molecule has 0 aliphatic carbocycles. The third-order valence-corrected chi connectivity index (χ3v) is 2.32. The van der Waals surface area contributed by atoms with E-state index in [0.717, 1.165) is 30.8 Å². The zero-order chi connectivity index (χ0) is 11.8. The number of benzene rings is 1. The first kappa shape index (κ1) is 12.5. The highest BCUT2D eigenvalue weighted by molar-refractivity contribution is 5.41. The van der Waals surface area contributed by atoms with Crippen molar-refractivity contribution in [2.24, 2.45) is 0 Å². The molecule has 0 aliphatic heterocycles. The summed E-state index contributed by atoms with van der Waals surface area (Å²) >= 11 is 0. The van der Waals surface area contributed by atoms with Gasteiger partial charge in [-0.1, -0.05) is 13.0 Å². The van der Waals surface area contributed by atoms with Crippen LogP contribution in [0, 0.1) is 18.3 Å². The second-order valence-corrected chi connectivity index (χ2v) is 3.65. The monoisotopic (exact) mass is 218 g/mol. The molecule has 0 aliphatic rings. The van der Waals surface area contributed by atoms with E-state index in [9.17, 15) is 0 Å². The normalized spacial score (nSPS) is 9.81. The van der Waals surface area contributed by atoms with E-state index in [-0.39, 0.29) is 0 Å². The Labute approximate surface area is 97.0 Å². The summed E-state index contributed by atoms with van der Waals surface area (Å²) in [5, 5.41) is 12.0. The van der Waals surface area contributed by atoms with Gasteiger partial charge >= 0.3 is 0 Å². The zero-order valence-electron chi connectivity index (χ0n) is 9.92. The minimum atomic E-state index is 0.646. The Morgan fingerprint density at radius 1 is 1.44 bits per heavy atom. The van der Waals surface area contributed by atoms with Gasteiger partial charge in [-0.3, -0.25) is 0 Å². The second kappa shape index (κ2) is 6.86. The van der Waals surface area contributed by atoms with Crippen molar-refractivity contribution in [1.82, 2.24) is 5.32 Å². The number of ether oxygens (including phenoxy) is 1. The zero-order valence-corrected chi connectivity index (χ0v) is 9.92. The van der Waals surface area contributed by atoms with Crippen LogP contribution in [-0.2, 0) is 0 Å². The average Bonchev–Trinajstić information content (AvgIpc) is 2.31. The molecule has 1 rings (SSSR count). The summed E-state index contributed by atoms with van der Waals surface area (Å²) in [6, 6.07) is 7.63. The van der Waals surface area contributed by atoms with E-state index in [0.29, 0.717) is 12.2 Å². The van der Waals surface area contributed by atoms with E-state index in [1.807, 2.05) is 13.0 Å². The maximum Gasteiger partial charge on any atom is 0.123 e. The van der Waals surface area contributed by atoms with Crippen molar-refractivity contribution in [3.63, 3.8) is 0 Å². The van der Waals surface area contributed by atoms with Crippen molar-refractivity contribution >= 4 is 0 Å². The second-order valence-electron chi connectivity index (χ2n) is 3.65. The van der Waals surface area contributed by atoms with E-state index in [1.54, 1.807) is 12.1 Å². The SMILES string of the molecule is CCNCCCOc1cc(C#N)ccc1C. The predicted molar refractivity (Wildman–Crippen MR) is 64.5 cm³/mol. The van der Waals surface area contributed by atoms with Crippen molar-refractivity contribution in [1.29, 1.82) is 5.26 Å². The van der Waals surface area contributed by atoms with Crippen molar-refractivity contribution in [2.45, 2.75) is 20.3 Å². The Kier molecular flexibility index (Phi) is 5.38. The molecule has 0 saturated carbocycles. The summed E-state index contributed by atoms with van der Waals surface area (Å²) in [4.78, 5) is 0. The third kappa shape index (κ3) is 3.92. The third-order valence-electron chi connectivity index (χ3n) is 2.32. The largest absolute Gasteiger partial charge is 0.493 e. The molecule has 0 saturated heterocycles. The lowest BCUT2D eigenvalue weighted by Crippen LogP contribution is -2.16. The average molecular weight is 218 g/mol. The first-order valence-electron chi connectivity index (χ1n) is 5.62. The minimum absolute atomic E-state index is 0.646. The Morgan fingerprint density at radius 2 is 2.25 bits per heavy atom. The molecule has 0 unspecified atom stereocenters. The van der Waals surface area contributed by atoms with Gasteiger partial charge in [0.05, 0.1) is 18.2 Å². The Hall–Kier alpha value is -1.53. The molecule has 16 heavy (non-hydrogen) atoms. The lowest BCUT2D eigenvalue weighted by Gasteiger charge is -2.09. The van der Waals surface area contributed by atoms with E-state index in [4.69, 9.17) is 10.00 Å². The van der Waals surface area contributed by atoms with Crippen LogP contribution < -0.4 is 10.1 Å². The van der Waals surface area contributed by atoms with E-state index < -0.39 is 0 Å². The van der Waals surface area contributed by atoms with Gasteiger partial charge in [0.1, 0.15) is 5.75 Å². The van der Waals surface area contributed by atoms with Gasteiger partial charge in [0.15, 0.2) is 0 Å². The van der Waals surface area contributed by atoms with E-state index >= 15 is 0 Å². The van der Waals surface area contributed by atoms with Crippen molar-refractivity contribution < 1.29 is 4.74 Å². The topological polar surface area (TPSA) is 45.0 Å². The van der Waals surface area contributed by atoms with Gasteiger partial charge in [-0.25, -0.2) is 0 Å². The summed E-state index contributed by atoms with van der Waals surface area (Å²) in [5.74, 6) is 0.815. The number of nitrogens with one attached hydrogen (secondary N) is 1. The van der Waals surface area contributed by atoms with Gasteiger partial charge in [0.2, 0.25) is 0 Å². The number of nitrogens with zero attached hydrogens (tertiary/aromatic N) is 1. The number of hydrogen-bond donors (Lipinski definition) is 1. The quantitative estimate of drug-likeness (QED) is 0.745. The summed E-state index contributed by atoms with van der Waals surface area (Å²) in [7, 11) is 0. The molecular weight excluding hydrogens is 200 g/mol. The highest BCUT2D eigenvalue weighted by atomic mass is 16.5. The first-order chi connectivity index (χ1) is 7.77. The summed E-state index contributed by atoms with van der Waals surface area (Å²) in [6.07, 6.45) is 0.976. The molecule has 1 aromatic carbocycles. The van der Waals surface area contributed by atoms with Crippen molar-refractivity contribution in [3.05, 3.63) is 29.3 Å². The molecule has 0 bridgehead atoms. The fourth-order valence-corrected chi connectivity index (χ4v) is 1.38. The van der Waals surface area contributed by atoms with Crippen molar-refractivity contribution in [2.75, 3.05) is 19.7 Å². The molecule has 86 valence electrons. The molecule has 3 nitrogen and oxygen atoms in total. The minimum Gasteiger partial charge on any atom is -0.493 e. The fourth-order valence-electron chi connectivity index (χ4n) is 1.38. The molecule has 3 heteroatoms. The van der Waals surface area contributed by atoms with Crippen molar-refractivity contribution in [3.8, 4) is 11.8 Å². The molecule has 0 amide bonds. The molecular formula is C13H18N2O. The number of nitriles is 1. The molecule has 0 aromatic heterocycles.